The van der Waals surface area contributed by atoms with Crippen molar-refractivity contribution in [3.63, 3.8) is 0 Å². The number of amides is 2. The molecule has 0 bridgehead atoms. The Morgan fingerprint density at radius 2 is 1.65 bits per heavy atom. The summed E-state index contributed by atoms with van der Waals surface area (Å²) in [7, 11) is 0. The second-order valence-corrected chi connectivity index (χ2v) is 6.31. The molecule has 23 heavy (non-hydrogen) atoms. The van der Waals surface area contributed by atoms with Gasteiger partial charge in [-0.1, -0.05) is 32.6 Å². The van der Waals surface area contributed by atoms with Gasteiger partial charge in [0.2, 0.25) is 11.8 Å². The number of aliphatic carboxylic acids is 1. The number of carbonyl (C=O) groups excluding carboxylic acids is 2. The van der Waals surface area contributed by atoms with Crippen LogP contribution in [0.4, 0.5) is 0 Å². The van der Waals surface area contributed by atoms with Crippen LogP contribution in [0.25, 0.3) is 0 Å². The number of carboxylic acid groups (broad SMARTS) is 1. The second kappa shape index (κ2) is 11.0. The molecule has 2 atom stereocenters. The number of hydrogen-bond acceptors (Lipinski definition) is 3. The minimum absolute atomic E-state index is 0.0333. The molecule has 0 spiro atoms. The van der Waals surface area contributed by atoms with Crippen LogP contribution in [0.5, 0.6) is 0 Å². The number of nitrogens with one attached hydrogen (secondary N) is 2. The third-order valence-electron chi connectivity index (χ3n) is 4.31. The fourth-order valence-corrected chi connectivity index (χ4v) is 2.99. The van der Waals surface area contributed by atoms with Crippen molar-refractivity contribution in [1.29, 1.82) is 0 Å². The van der Waals surface area contributed by atoms with Crippen molar-refractivity contribution in [2.75, 3.05) is 6.54 Å². The maximum absolute atomic E-state index is 12.0. The zero-order valence-corrected chi connectivity index (χ0v) is 14.1. The highest BCUT2D eigenvalue weighted by Crippen LogP contribution is 2.23. The Morgan fingerprint density at radius 1 is 1.00 bits per heavy atom. The van der Waals surface area contributed by atoms with E-state index in [2.05, 4.69) is 10.6 Å². The van der Waals surface area contributed by atoms with Gasteiger partial charge in [0.1, 0.15) is 0 Å². The van der Waals surface area contributed by atoms with Gasteiger partial charge >= 0.3 is 5.97 Å². The molecule has 0 aliphatic heterocycles. The van der Waals surface area contributed by atoms with Crippen LogP contribution in [0.1, 0.15) is 71.1 Å². The van der Waals surface area contributed by atoms with E-state index in [0.29, 0.717) is 25.8 Å². The predicted molar refractivity (Wildman–Crippen MR) is 87.9 cm³/mol. The molecule has 0 heterocycles. The summed E-state index contributed by atoms with van der Waals surface area (Å²) in [5.41, 5.74) is 0. The van der Waals surface area contributed by atoms with Crippen molar-refractivity contribution in [2.24, 2.45) is 5.92 Å². The van der Waals surface area contributed by atoms with Crippen molar-refractivity contribution in [1.82, 2.24) is 10.6 Å². The molecule has 0 saturated heterocycles. The highest BCUT2D eigenvalue weighted by atomic mass is 16.4. The molecule has 1 rings (SSSR count). The summed E-state index contributed by atoms with van der Waals surface area (Å²) in [6, 6.07) is -0.283. The van der Waals surface area contributed by atoms with Gasteiger partial charge in [-0.05, 0) is 25.7 Å². The summed E-state index contributed by atoms with van der Waals surface area (Å²) in [4.78, 5) is 34.9. The molecule has 6 heteroatoms. The summed E-state index contributed by atoms with van der Waals surface area (Å²) in [5, 5.41) is 15.0. The second-order valence-electron chi connectivity index (χ2n) is 6.31. The lowest BCUT2D eigenvalue weighted by Crippen LogP contribution is -2.43. The topological polar surface area (TPSA) is 95.5 Å². The zero-order chi connectivity index (χ0) is 17.1. The highest BCUT2D eigenvalue weighted by Gasteiger charge is 2.29. The normalized spacial score (nSPS) is 21.8. The average molecular weight is 326 g/mol. The maximum Gasteiger partial charge on any atom is 0.308 e. The van der Waals surface area contributed by atoms with Crippen molar-refractivity contribution >= 4 is 17.8 Å². The van der Waals surface area contributed by atoms with E-state index in [9.17, 15) is 19.5 Å². The number of rotatable bonds is 8. The van der Waals surface area contributed by atoms with Gasteiger partial charge in [0.25, 0.3) is 0 Å². The Labute approximate surface area is 138 Å². The minimum Gasteiger partial charge on any atom is -0.481 e. The fraction of sp³-hybridized carbons (Fsp3) is 0.824. The molecule has 0 aromatic heterocycles. The van der Waals surface area contributed by atoms with E-state index in [1.807, 2.05) is 6.92 Å². The average Bonchev–Trinajstić information content (AvgIpc) is 2.47. The van der Waals surface area contributed by atoms with Gasteiger partial charge in [0.15, 0.2) is 0 Å². The van der Waals surface area contributed by atoms with Crippen LogP contribution in [0.15, 0.2) is 0 Å². The molecule has 1 aliphatic rings. The monoisotopic (exact) mass is 326 g/mol. The first-order valence-corrected chi connectivity index (χ1v) is 8.83. The van der Waals surface area contributed by atoms with Crippen molar-refractivity contribution in [3.05, 3.63) is 0 Å². The molecule has 1 aliphatic carbocycles. The van der Waals surface area contributed by atoms with Gasteiger partial charge in [-0.15, -0.1) is 0 Å². The zero-order valence-electron chi connectivity index (χ0n) is 14.1. The minimum atomic E-state index is -0.823. The maximum atomic E-state index is 12.0. The van der Waals surface area contributed by atoms with E-state index in [1.54, 1.807) is 0 Å². The first-order valence-electron chi connectivity index (χ1n) is 8.83. The molecule has 3 N–H and O–H groups in total. The smallest absolute Gasteiger partial charge is 0.308 e. The van der Waals surface area contributed by atoms with Gasteiger partial charge < -0.3 is 15.7 Å². The van der Waals surface area contributed by atoms with Crippen LogP contribution in [0.3, 0.4) is 0 Å². The number of carbonyl (C=O) groups is 3. The largest absolute Gasteiger partial charge is 0.481 e. The van der Waals surface area contributed by atoms with E-state index in [-0.39, 0.29) is 24.3 Å². The van der Waals surface area contributed by atoms with Crippen LogP contribution in [0, 0.1) is 5.92 Å². The Morgan fingerprint density at radius 3 is 2.30 bits per heavy atom. The van der Waals surface area contributed by atoms with Crippen LogP contribution in [0.2, 0.25) is 0 Å². The molecule has 0 aromatic rings. The Hall–Kier alpha value is -1.59. The van der Waals surface area contributed by atoms with Crippen molar-refractivity contribution in [2.45, 2.75) is 77.2 Å². The lowest BCUT2D eigenvalue weighted by molar-refractivity contribution is -0.143. The number of carboxylic acids is 1. The van der Waals surface area contributed by atoms with Crippen LogP contribution in [-0.4, -0.2) is 35.5 Å². The molecule has 0 radical (unpaired) electrons. The quantitative estimate of drug-likeness (QED) is 0.637. The molecule has 1 saturated carbocycles. The third kappa shape index (κ3) is 8.00. The summed E-state index contributed by atoms with van der Waals surface area (Å²) >= 11 is 0. The molecular weight excluding hydrogens is 296 g/mol. The molecule has 2 unspecified atom stereocenters. The van der Waals surface area contributed by atoms with Crippen LogP contribution >= 0.6 is 0 Å². The Balaban J connectivity index is 2.37. The van der Waals surface area contributed by atoms with Crippen LogP contribution in [-0.2, 0) is 14.4 Å². The molecule has 132 valence electrons. The van der Waals surface area contributed by atoms with Gasteiger partial charge in [-0.25, -0.2) is 0 Å². The Kier molecular flexibility index (Phi) is 9.33. The lowest BCUT2D eigenvalue weighted by Gasteiger charge is -2.27. The Bertz CT molecular complexity index is 398. The molecule has 6 nitrogen and oxygen atoms in total. The highest BCUT2D eigenvalue weighted by molar-refractivity contribution is 5.80. The van der Waals surface area contributed by atoms with E-state index in [1.165, 1.54) is 0 Å². The molecule has 0 aromatic carbocycles. The molecule has 2 amide bonds. The number of hydrogen-bond donors (Lipinski definition) is 3. The first-order chi connectivity index (χ1) is 11.0. The molecular formula is C17H30N2O4. The van der Waals surface area contributed by atoms with Gasteiger partial charge in [-0.3, -0.25) is 14.4 Å². The summed E-state index contributed by atoms with van der Waals surface area (Å²) in [5.74, 6) is -1.50. The molecule has 1 fully saturated rings. The van der Waals surface area contributed by atoms with Gasteiger partial charge in [0, 0.05) is 25.4 Å². The van der Waals surface area contributed by atoms with Crippen LogP contribution < -0.4 is 10.6 Å². The lowest BCUT2D eigenvalue weighted by atomic mass is 9.86. The van der Waals surface area contributed by atoms with Crippen molar-refractivity contribution < 1.29 is 19.5 Å². The van der Waals surface area contributed by atoms with E-state index in [4.69, 9.17) is 0 Å². The van der Waals surface area contributed by atoms with Gasteiger partial charge in [0.05, 0.1) is 5.92 Å². The van der Waals surface area contributed by atoms with E-state index in [0.717, 1.165) is 38.5 Å². The summed E-state index contributed by atoms with van der Waals surface area (Å²) < 4.78 is 0. The van der Waals surface area contributed by atoms with E-state index < -0.39 is 11.9 Å². The summed E-state index contributed by atoms with van der Waals surface area (Å²) in [6.07, 6.45) is 7.35. The third-order valence-corrected chi connectivity index (χ3v) is 4.31. The van der Waals surface area contributed by atoms with Gasteiger partial charge in [-0.2, -0.15) is 0 Å². The van der Waals surface area contributed by atoms with Crippen molar-refractivity contribution in [3.8, 4) is 0 Å². The predicted octanol–water partition coefficient (Wildman–Crippen LogP) is 2.22. The SMILES string of the molecule is CCCNC(=O)CCCC(=O)NC1CCCCCCC1C(=O)O. The van der Waals surface area contributed by atoms with E-state index >= 15 is 0 Å². The summed E-state index contributed by atoms with van der Waals surface area (Å²) in [6.45, 7) is 2.65. The standard InChI is InChI=1S/C17H30N2O4/c1-2-12-18-15(20)10-7-11-16(21)19-14-9-6-4-3-5-8-13(14)17(22)23/h13-14H,2-12H2,1H3,(H,18,20)(H,19,21)(H,22,23). The first kappa shape index (κ1) is 19.5. The fourth-order valence-electron chi connectivity index (χ4n) is 2.99.